The second kappa shape index (κ2) is 7.71. The molecule has 0 unspecified atom stereocenters. The number of aromatic nitrogens is 1. The van der Waals surface area contributed by atoms with Gasteiger partial charge in [-0.1, -0.05) is 12.0 Å². The number of carbonyl (C=O) groups is 1. The summed E-state index contributed by atoms with van der Waals surface area (Å²) in [5.41, 5.74) is 1.80. The predicted octanol–water partition coefficient (Wildman–Crippen LogP) is 2.10. The van der Waals surface area contributed by atoms with E-state index in [4.69, 9.17) is 4.74 Å². The number of carbonyl (C=O) groups excluding carboxylic acids is 1. The molecule has 2 heterocycles. The number of benzene rings is 1. The summed E-state index contributed by atoms with van der Waals surface area (Å²) < 4.78 is 5.11. The number of piperazine rings is 1. The lowest BCUT2D eigenvalue weighted by molar-refractivity contribution is -0.125. The van der Waals surface area contributed by atoms with E-state index in [1.165, 1.54) is 0 Å². The van der Waals surface area contributed by atoms with E-state index in [-0.39, 0.29) is 5.91 Å². The molecule has 3 rings (SSSR count). The number of hydrogen-bond donors (Lipinski definition) is 0. The maximum Gasteiger partial charge on any atom is 0.298 e. The first-order valence-corrected chi connectivity index (χ1v) is 8.29. The molecule has 0 atom stereocenters. The second-order valence-corrected chi connectivity index (χ2v) is 5.89. The maximum atomic E-state index is 12.3. The Morgan fingerprint density at radius 1 is 1.08 bits per heavy atom. The maximum absolute atomic E-state index is 12.3. The standard InChI is InChI=1S/C20H21N3O2/c1-16-4-3-5-19(21-16)22-12-14-23(15-13-22)20(24)11-8-17-6-9-18(25-2)10-7-17/h3-7,9-10H,12-15H2,1-2H3. The van der Waals surface area contributed by atoms with Gasteiger partial charge in [-0.25, -0.2) is 4.98 Å². The average Bonchev–Trinajstić information content (AvgIpc) is 2.66. The molecule has 1 amide bonds. The summed E-state index contributed by atoms with van der Waals surface area (Å²) in [6.45, 7) is 4.84. The van der Waals surface area contributed by atoms with Crippen molar-refractivity contribution in [3.63, 3.8) is 0 Å². The topological polar surface area (TPSA) is 45.7 Å². The monoisotopic (exact) mass is 335 g/mol. The minimum absolute atomic E-state index is 0.132. The van der Waals surface area contributed by atoms with Gasteiger partial charge in [0.25, 0.3) is 5.91 Å². The third kappa shape index (κ3) is 4.30. The van der Waals surface area contributed by atoms with Crippen molar-refractivity contribution < 1.29 is 9.53 Å². The highest BCUT2D eigenvalue weighted by atomic mass is 16.5. The number of ether oxygens (including phenoxy) is 1. The van der Waals surface area contributed by atoms with Crippen LogP contribution in [0, 0.1) is 18.8 Å². The first-order chi connectivity index (χ1) is 12.2. The highest BCUT2D eigenvalue weighted by Crippen LogP contribution is 2.14. The van der Waals surface area contributed by atoms with Gasteiger partial charge < -0.3 is 14.5 Å². The van der Waals surface area contributed by atoms with E-state index < -0.39 is 0 Å². The minimum atomic E-state index is -0.132. The smallest absolute Gasteiger partial charge is 0.298 e. The molecule has 1 fully saturated rings. The van der Waals surface area contributed by atoms with Gasteiger partial charge in [0.2, 0.25) is 0 Å². The van der Waals surface area contributed by atoms with Gasteiger partial charge in [-0.15, -0.1) is 0 Å². The van der Waals surface area contributed by atoms with Crippen LogP contribution < -0.4 is 9.64 Å². The van der Waals surface area contributed by atoms with Gasteiger partial charge in [0.15, 0.2) is 0 Å². The molecule has 25 heavy (non-hydrogen) atoms. The lowest BCUT2D eigenvalue weighted by Crippen LogP contribution is -2.48. The molecule has 5 heteroatoms. The quantitative estimate of drug-likeness (QED) is 0.789. The lowest BCUT2D eigenvalue weighted by atomic mass is 10.2. The molecular formula is C20H21N3O2. The second-order valence-electron chi connectivity index (χ2n) is 5.89. The van der Waals surface area contributed by atoms with Gasteiger partial charge in [0.05, 0.1) is 7.11 Å². The number of anilines is 1. The SMILES string of the molecule is COc1ccc(C#CC(=O)N2CCN(c3cccc(C)n3)CC2)cc1. The Morgan fingerprint density at radius 2 is 1.80 bits per heavy atom. The van der Waals surface area contributed by atoms with Gasteiger partial charge >= 0.3 is 0 Å². The van der Waals surface area contributed by atoms with Crippen LogP contribution in [-0.4, -0.2) is 49.1 Å². The van der Waals surface area contributed by atoms with Crippen LogP contribution in [0.2, 0.25) is 0 Å². The van der Waals surface area contributed by atoms with Crippen LogP contribution in [-0.2, 0) is 4.79 Å². The number of pyridine rings is 1. The first kappa shape index (κ1) is 16.8. The van der Waals surface area contributed by atoms with Gasteiger partial charge in [0, 0.05) is 43.4 Å². The van der Waals surface area contributed by atoms with Gasteiger partial charge in [-0.3, -0.25) is 4.79 Å². The molecule has 5 nitrogen and oxygen atoms in total. The summed E-state index contributed by atoms with van der Waals surface area (Å²) in [5.74, 6) is 7.27. The summed E-state index contributed by atoms with van der Waals surface area (Å²) >= 11 is 0. The molecule has 0 aliphatic carbocycles. The van der Waals surface area contributed by atoms with Gasteiger partial charge in [-0.05, 0) is 43.3 Å². The van der Waals surface area contributed by atoms with Crippen molar-refractivity contribution in [2.24, 2.45) is 0 Å². The molecule has 1 saturated heterocycles. The molecule has 1 aromatic heterocycles. The number of aryl methyl sites for hydroxylation is 1. The third-order valence-corrected chi connectivity index (χ3v) is 4.17. The van der Waals surface area contributed by atoms with Gasteiger partial charge in [0.1, 0.15) is 11.6 Å². The highest BCUT2D eigenvalue weighted by Gasteiger charge is 2.20. The summed E-state index contributed by atoms with van der Waals surface area (Å²) in [7, 11) is 1.62. The average molecular weight is 335 g/mol. The van der Waals surface area contributed by atoms with Crippen molar-refractivity contribution in [2.75, 3.05) is 38.2 Å². The van der Waals surface area contributed by atoms with Crippen LogP contribution >= 0.6 is 0 Å². The van der Waals surface area contributed by atoms with Crippen LogP contribution in [0.15, 0.2) is 42.5 Å². The molecule has 0 N–H and O–H groups in total. The number of nitrogens with zero attached hydrogens (tertiary/aromatic N) is 3. The van der Waals surface area contributed by atoms with Gasteiger partial charge in [-0.2, -0.15) is 0 Å². The Kier molecular flexibility index (Phi) is 5.20. The number of methoxy groups -OCH3 is 1. The molecule has 2 aromatic rings. The van der Waals surface area contributed by atoms with Crippen molar-refractivity contribution in [2.45, 2.75) is 6.92 Å². The highest BCUT2D eigenvalue weighted by molar-refractivity contribution is 5.94. The number of rotatable bonds is 2. The zero-order chi connectivity index (χ0) is 17.6. The van der Waals surface area contributed by atoms with Crippen molar-refractivity contribution >= 4 is 11.7 Å². The Hall–Kier alpha value is -3.00. The molecule has 1 aliphatic heterocycles. The fourth-order valence-electron chi connectivity index (χ4n) is 2.72. The Bertz CT molecular complexity index is 798. The van der Waals surface area contributed by atoms with E-state index >= 15 is 0 Å². The van der Waals surface area contributed by atoms with Crippen LogP contribution in [0.3, 0.4) is 0 Å². The summed E-state index contributed by atoms with van der Waals surface area (Å²) in [6.07, 6.45) is 0. The van der Waals surface area contributed by atoms with Crippen LogP contribution in [0.25, 0.3) is 0 Å². The summed E-state index contributed by atoms with van der Waals surface area (Å²) in [4.78, 5) is 20.8. The van der Waals surface area contributed by atoms with Crippen LogP contribution in [0.1, 0.15) is 11.3 Å². The predicted molar refractivity (Wildman–Crippen MR) is 97.6 cm³/mol. The van der Waals surface area contributed by atoms with Crippen molar-refractivity contribution in [1.82, 2.24) is 9.88 Å². The molecule has 1 aromatic carbocycles. The fourth-order valence-corrected chi connectivity index (χ4v) is 2.72. The van der Waals surface area contributed by atoms with Crippen molar-refractivity contribution in [1.29, 1.82) is 0 Å². The first-order valence-electron chi connectivity index (χ1n) is 8.29. The molecule has 0 saturated carbocycles. The molecule has 1 aliphatic rings. The van der Waals surface area contributed by atoms with Crippen LogP contribution in [0.5, 0.6) is 5.75 Å². The lowest BCUT2D eigenvalue weighted by Gasteiger charge is -2.34. The van der Waals surface area contributed by atoms with E-state index in [2.05, 4.69) is 21.7 Å². The summed E-state index contributed by atoms with van der Waals surface area (Å²) in [5, 5.41) is 0. The minimum Gasteiger partial charge on any atom is -0.497 e. The van der Waals surface area contributed by atoms with Crippen LogP contribution in [0.4, 0.5) is 5.82 Å². The molecule has 128 valence electrons. The van der Waals surface area contributed by atoms with Crippen molar-refractivity contribution in [3.8, 4) is 17.6 Å². The Balaban J connectivity index is 1.57. The van der Waals surface area contributed by atoms with E-state index in [9.17, 15) is 4.79 Å². The molecule has 0 radical (unpaired) electrons. The normalized spacial score (nSPS) is 13.8. The fraction of sp³-hybridized carbons (Fsp3) is 0.300. The largest absolute Gasteiger partial charge is 0.497 e. The Morgan fingerprint density at radius 3 is 2.44 bits per heavy atom. The zero-order valence-electron chi connectivity index (χ0n) is 14.5. The van der Waals surface area contributed by atoms with E-state index in [0.717, 1.165) is 35.9 Å². The zero-order valence-corrected chi connectivity index (χ0v) is 14.5. The molecular weight excluding hydrogens is 314 g/mol. The van der Waals surface area contributed by atoms with Crippen molar-refractivity contribution in [3.05, 3.63) is 53.7 Å². The molecule has 0 spiro atoms. The number of amides is 1. The molecule has 0 bridgehead atoms. The summed E-state index contributed by atoms with van der Waals surface area (Å²) in [6, 6.07) is 13.4. The number of hydrogen-bond acceptors (Lipinski definition) is 4. The van der Waals surface area contributed by atoms with E-state index in [0.29, 0.717) is 13.1 Å². The van der Waals surface area contributed by atoms with E-state index in [1.54, 1.807) is 12.0 Å². The Labute approximate surface area is 148 Å². The third-order valence-electron chi connectivity index (χ3n) is 4.17. The van der Waals surface area contributed by atoms with E-state index in [1.807, 2.05) is 49.4 Å².